The van der Waals surface area contributed by atoms with Gasteiger partial charge in [-0.05, 0) is 18.2 Å². The van der Waals surface area contributed by atoms with E-state index in [1.54, 1.807) is 0 Å². The van der Waals surface area contributed by atoms with E-state index in [1.807, 2.05) is 0 Å². The van der Waals surface area contributed by atoms with Gasteiger partial charge in [0.25, 0.3) is 0 Å². The van der Waals surface area contributed by atoms with Gasteiger partial charge in [0.05, 0.1) is 22.4 Å². The molecule has 0 aliphatic carbocycles. The molecule has 0 spiro atoms. The zero-order valence-electron chi connectivity index (χ0n) is 14.4. The normalized spacial score (nSPS) is 12.8. The second-order valence-corrected chi connectivity index (χ2v) is 6.04. The number of hydrogen-bond acceptors (Lipinski definition) is 3. The van der Waals surface area contributed by atoms with Crippen LogP contribution in [0.2, 0.25) is 0 Å². The van der Waals surface area contributed by atoms with E-state index in [0.717, 1.165) is 12.4 Å². The van der Waals surface area contributed by atoms with Crippen LogP contribution in [0.5, 0.6) is 0 Å². The molecule has 0 fully saturated rings. The van der Waals surface area contributed by atoms with Crippen LogP contribution in [-0.2, 0) is 18.5 Å². The quantitative estimate of drug-likeness (QED) is 0.444. The first-order chi connectivity index (χ1) is 13.8. The molecule has 0 N–H and O–H groups in total. The van der Waals surface area contributed by atoms with Crippen molar-refractivity contribution in [3.05, 3.63) is 65.9 Å². The highest BCUT2D eigenvalue weighted by Crippen LogP contribution is 2.39. The molecule has 12 heteroatoms. The number of aromatic nitrogens is 3. The maximum absolute atomic E-state index is 13.1. The standard InChI is InChI=1S/C18H8F9N3/c19-16(20,21)11-1-9(4-28-6-11)14-3-13(18(25,26)27)8-30-15(14)10-2-12(7-29-5-10)17(22,23)24/h1-8H. The van der Waals surface area contributed by atoms with E-state index in [4.69, 9.17) is 0 Å². The van der Waals surface area contributed by atoms with Crippen LogP contribution in [0.1, 0.15) is 16.7 Å². The van der Waals surface area contributed by atoms with Gasteiger partial charge in [-0.3, -0.25) is 15.0 Å². The summed E-state index contributed by atoms with van der Waals surface area (Å²) in [6, 6.07) is 1.63. The maximum Gasteiger partial charge on any atom is 0.417 e. The van der Waals surface area contributed by atoms with Gasteiger partial charge in [-0.1, -0.05) is 0 Å². The molecule has 3 rings (SSSR count). The third-order valence-corrected chi connectivity index (χ3v) is 3.93. The lowest BCUT2D eigenvalue weighted by atomic mass is 9.98. The summed E-state index contributed by atoms with van der Waals surface area (Å²) in [5.74, 6) is 0. The van der Waals surface area contributed by atoms with Crippen LogP contribution in [0.25, 0.3) is 22.4 Å². The van der Waals surface area contributed by atoms with Crippen molar-refractivity contribution < 1.29 is 39.5 Å². The topological polar surface area (TPSA) is 38.7 Å². The van der Waals surface area contributed by atoms with Crippen LogP contribution in [-0.4, -0.2) is 15.0 Å². The van der Waals surface area contributed by atoms with Crippen LogP contribution in [0.4, 0.5) is 39.5 Å². The number of alkyl halides is 9. The van der Waals surface area contributed by atoms with Gasteiger partial charge in [-0.15, -0.1) is 0 Å². The summed E-state index contributed by atoms with van der Waals surface area (Å²) in [7, 11) is 0. The van der Waals surface area contributed by atoms with Gasteiger partial charge in [0.2, 0.25) is 0 Å². The van der Waals surface area contributed by atoms with Crippen LogP contribution in [0.3, 0.4) is 0 Å². The van der Waals surface area contributed by atoms with Gasteiger partial charge < -0.3 is 0 Å². The predicted molar refractivity (Wildman–Crippen MR) is 85.7 cm³/mol. The molecule has 0 unspecified atom stereocenters. The van der Waals surface area contributed by atoms with Gasteiger partial charge in [0, 0.05) is 47.7 Å². The summed E-state index contributed by atoms with van der Waals surface area (Å²) in [6.45, 7) is 0. The number of halogens is 9. The molecule has 158 valence electrons. The van der Waals surface area contributed by atoms with Crippen LogP contribution in [0, 0.1) is 0 Å². The molecule has 3 aromatic heterocycles. The Bertz CT molecular complexity index is 1070. The summed E-state index contributed by atoms with van der Waals surface area (Å²) in [5, 5.41) is 0. The third-order valence-electron chi connectivity index (χ3n) is 3.93. The first kappa shape index (κ1) is 21.5. The Morgan fingerprint density at radius 2 is 0.933 bits per heavy atom. The Morgan fingerprint density at radius 3 is 1.43 bits per heavy atom. The van der Waals surface area contributed by atoms with Crippen molar-refractivity contribution >= 4 is 0 Å². The minimum Gasteiger partial charge on any atom is -0.263 e. The van der Waals surface area contributed by atoms with Crippen molar-refractivity contribution in [3.63, 3.8) is 0 Å². The number of hydrogen-bond donors (Lipinski definition) is 0. The highest BCUT2D eigenvalue weighted by molar-refractivity contribution is 5.81. The van der Waals surface area contributed by atoms with Crippen molar-refractivity contribution in [1.82, 2.24) is 15.0 Å². The fourth-order valence-corrected chi connectivity index (χ4v) is 2.54. The van der Waals surface area contributed by atoms with Crippen molar-refractivity contribution in [2.45, 2.75) is 18.5 Å². The lowest BCUT2D eigenvalue weighted by Crippen LogP contribution is -2.09. The van der Waals surface area contributed by atoms with E-state index in [0.29, 0.717) is 36.8 Å². The van der Waals surface area contributed by atoms with Crippen LogP contribution < -0.4 is 0 Å². The minimum atomic E-state index is -4.89. The Labute approximate surface area is 162 Å². The van der Waals surface area contributed by atoms with Crippen LogP contribution in [0.15, 0.2) is 49.2 Å². The van der Waals surface area contributed by atoms with Crippen molar-refractivity contribution in [1.29, 1.82) is 0 Å². The third kappa shape index (κ3) is 4.52. The second kappa shape index (κ2) is 7.26. The van der Waals surface area contributed by atoms with Crippen molar-refractivity contribution in [2.75, 3.05) is 0 Å². The predicted octanol–water partition coefficient (Wildman–Crippen LogP) is 6.26. The number of pyridine rings is 3. The summed E-state index contributed by atoms with van der Waals surface area (Å²) < 4.78 is 117. The van der Waals surface area contributed by atoms with Gasteiger partial charge in [0.1, 0.15) is 0 Å². The lowest BCUT2D eigenvalue weighted by molar-refractivity contribution is -0.138. The molecule has 0 amide bonds. The minimum absolute atomic E-state index is 0.328. The molecule has 0 bridgehead atoms. The Hall–Kier alpha value is -3.18. The summed E-state index contributed by atoms with van der Waals surface area (Å²) in [5.41, 5.74) is -5.37. The van der Waals surface area contributed by atoms with E-state index in [9.17, 15) is 39.5 Å². The molecule has 0 atom stereocenters. The second-order valence-electron chi connectivity index (χ2n) is 6.04. The SMILES string of the molecule is FC(F)(F)c1cncc(-c2cc(C(F)(F)F)cnc2-c2cncc(C(F)(F)F)c2)c1. The largest absolute Gasteiger partial charge is 0.417 e. The van der Waals surface area contributed by atoms with Crippen molar-refractivity contribution in [3.8, 4) is 22.4 Å². The smallest absolute Gasteiger partial charge is 0.263 e. The van der Waals surface area contributed by atoms with Crippen molar-refractivity contribution in [2.24, 2.45) is 0 Å². The molecule has 3 nitrogen and oxygen atoms in total. The van der Waals surface area contributed by atoms with E-state index in [2.05, 4.69) is 15.0 Å². The van der Waals surface area contributed by atoms with E-state index < -0.39 is 52.0 Å². The summed E-state index contributed by atoms with van der Waals surface area (Å²) in [6.07, 6.45) is -11.4. The summed E-state index contributed by atoms with van der Waals surface area (Å²) >= 11 is 0. The number of nitrogens with zero attached hydrogens (tertiary/aromatic N) is 3. The highest BCUT2D eigenvalue weighted by atomic mass is 19.4. The van der Waals surface area contributed by atoms with Crippen LogP contribution >= 0.6 is 0 Å². The summed E-state index contributed by atoms with van der Waals surface area (Å²) in [4.78, 5) is 10.4. The zero-order valence-corrected chi connectivity index (χ0v) is 14.4. The monoisotopic (exact) mass is 437 g/mol. The molecular formula is C18H8F9N3. The van der Waals surface area contributed by atoms with E-state index in [1.165, 1.54) is 0 Å². The molecule has 0 radical (unpaired) electrons. The molecule has 0 saturated carbocycles. The first-order valence-electron chi connectivity index (χ1n) is 7.89. The molecular weight excluding hydrogens is 429 g/mol. The average molecular weight is 437 g/mol. The molecule has 3 heterocycles. The molecule has 0 aliphatic heterocycles. The van der Waals surface area contributed by atoms with Gasteiger partial charge in [-0.2, -0.15) is 39.5 Å². The fraction of sp³-hybridized carbons (Fsp3) is 0.167. The molecule has 0 aliphatic rings. The average Bonchev–Trinajstić information content (AvgIpc) is 2.66. The zero-order chi connectivity index (χ0) is 22.3. The molecule has 0 saturated heterocycles. The van der Waals surface area contributed by atoms with E-state index in [-0.39, 0.29) is 5.56 Å². The van der Waals surface area contributed by atoms with Gasteiger partial charge in [0.15, 0.2) is 0 Å². The Kier molecular flexibility index (Phi) is 5.21. The molecule has 3 aromatic rings. The fourth-order valence-electron chi connectivity index (χ4n) is 2.54. The lowest BCUT2D eigenvalue weighted by Gasteiger charge is -2.15. The van der Waals surface area contributed by atoms with E-state index >= 15 is 0 Å². The first-order valence-corrected chi connectivity index (χ1v) is 7.89. The molecule has 0 aromatic carbocycles. The highest BCUT2D eigenvalue weighted by Gasteiger charge is 2.35. The maximum atomic E-state index is 13.1. The van der Waals surface area contributed by atoms with Gasteiger partial charge >= 0.3 is 18.5 Å². The van der Waals surface area contributed by atoms with Gasteiger partial charge in [-0.25, -0.2) is 0 Å². The molecule has 30 heavy (non-hydrogen) atoms. The number of rotatable bonds is 2. The Morgan fingerprint density at radius 1 is 0.500 bits per heavy atom. The Balaban J connectivity index is 2.26.